The fraction of sp³-hybridized carbons (Fsp3) is 0.160. The average Bonchev–Trinajstić information content (AvgIpc) is 3.14. The Balaban J connectivity index is 1.86. The monoisotopic (exact) mass is 414 g/mol. The molecule has 6 heteroatoms. The van der Waals surface area contributed by atoms with Gasteiger partial charge in [0, 0.05) is 12.0 Å². The van der Waals surface area contributed by atoms with Gasteiger partial charge in [0.1, 0.15) is 22.8 Å². The summed E-state index contributed by atoms with van der Waals surface area (Å²) in [6, 6.07) is 19.7. The van der Waals surface area contributed by atoms with Crippen molar-refractivity contribution in [2.45, 2.75) is 25.3 Å². The van der Waals surface area contributed by atoms with Crippen molar-refractivity contribution in [1.82, 2.24) is 0 Å². The number of ketones is 1. The van der Waals surface area contributed by atoms with Crippen LogP contribution in [0.4, 0.5) is 0 Å². The van der Waals surface area contributed by atoms with Crippen molar-refractivity contribution in [3.05, 3.63) is 95.1 Å². The zero-order chi connectivity index (χ0) is 22.0. The first kappa shape index (κ1) is 20.3. The number of rotatable bonds is 6. The Hall–Kier alpha value is -3.93. The van der Waals surface area contributed by atoms with Crippen LogP contribution in [-0.4, -0.2) is 21.1 Å². The minimum atomic E-state index is -1.06. The van der Waals surface area contributed by atoms with Gasteiger partial charge >= 0.3 is 0 Å². The predicted molar refractivity (Wildman–Crippen MR) is 117 cm³/mol. The molecule has 0 aromatic heterocycles. The normalized spacial score (nSPS) is 17.8. The first-order valence-corrected chi connectivity index (χ1v) is 10.0. The number of phenols is 3. The Labute approximate surface area is 179 Å². The van der Waals surface area contributed by atoms with E-state index in [-0.39, 0.29) is 35.0 Å². The van der Waals surface area contributed by atoms with Gasteiger partial charge in [-0.15, -0.1) is 0 Å². The van der Waals surface area contributed by atoms with Crippen molar-refractivity contribution in [2.24, 2.45) is 10.2 Å². The van der Waals surface area contributed by atoms with E-state index in [0.717, 1.165) is 16.7 Å². The molecule has 0 aliphatic carbocycles. The molecule has 156 valence electrons. The number of aromatic hydroxyl groups is 3. The molecule has 0 saturated heterocycles. The SMILES string of the molecule is CCC1=C(c2ccc(O)cc2)N=NC1(CC(=O)c1ccccc1O)c1ccc(O)cc1. The van der Waals surface area contributed by atoms with E-state index in [1.165, 1.54) is 6.07 Å². The first-order chi connectivity index (χ1) is 14.9. The third-order valence-electron chi connectivity index (χ3n) is 5.57. The maximum Gasteiger partial charge on any atom is 0.169 e. The van der Waals surface area contributed by atoms with Gasteiger partial charge in [-0.05, 0) is 66.1 Å². The van der Waals surface area contributed by atoms with Gasteiger partial charge in [-0.25, -0.2) is 0 Å². The lowest BCUT2D eigenvalue weighted by atomic mass is 9.76. The minimum absolute atomic E-state index is 0.0242. The minimum Gasteiger partial charge on any atom is -0.508 e. The molecule has 3 aromatic carbocycles. The molecule has 1 aliphatic heterocycles. The van der Waals surface area contributed by atoms with Gasteiger partial charge in [-0.3, -0.25) is 4.79 Å². The van der Waals surface area contributed by atoms with Gasteiger partial charge in [0.15, 0.2) is 5.78 Å². The summed E-state index contributed by atoms with van der Waals surface area (Å²) in [6.07, 6.45) is 0.557. The smallest absolute Gasteiger partial charge is 0.169 e. The number of carbonyl (C=O) groups excluding carboxylic acids is 1. The zero-order valence-corrected chi connectivity index (χ0v) is 17.0. The summed E-state index contributed by atoms with van der Waals surface area (Å²) in [4.78, 5) is 13.2. The van der Waals surface area contributed by atoms with E-state index in [9.17, 15) is 20.1 Å². The molecular formula is C25H22N2O4. The highest BCUT2D eigenvalue weighted by atomic mass is 16.3. The molecule has 31 heavy (non-hydrogen) atoms. The van der Waals surface area contributed by atoms with Crippen LogP contribution in [0.3, 0.4) is 0 Å². The van der Waals surface area contributed by atoms with E-state index in [1.54, 1.807) is 66.7 Å². The van der Waals surface area contributed by atoms with Crippen LogP contribution in [0.5, 0.6) is 17.2 Å². The van der Waals surface area contributed by atoms with Crippen LogP contribution in [0.2, 0.25) is 0 Å². The molecule has 1 heterocycles. The van der Waals surface area contributed by atoms with E-state index < -0.39 is 5.54 Å². The van der Waals surface area contributed by atoms with Crippen molar-refractivity contribution in [1.29, 1.82) is 0 Å². The number of hydrogen-bond donors (Lipinski definition) is 3. The fourth-order valence-corrected chi connectivity index (χ4v) is 4.01. The summed E-state index contributed by atoms with van der Waals surface area (Å²) in [7, 11) is 0. The summed E-state index contributed by atoms with van der Waals surface area (Å²) < 4.78 is 0. The van der Waals surface area contributed by atoms with Crippen molar-refractivity contribution < 1.29 is 20.1 Å². The summed E-state index contributed by atoms with van der Waals surface area (Å²) >= 11 is 0. The molecule has 0 amide bonds. The average molecular weight is 414 g/mol. The molecule has 6 nitrogen and oxygen atoms in total. The number of Topliss-reactive ketones (excluding diaryl/α,β-unsaturated/α-hetero) is 1. The first-order valence-electron chi connectivity index (χ1n) is 10.0. The second kappa shape index (κ2) is 8.07. The molecular weight excluding hydrogens is 392 g/mol. The molecule has 0 radical (unpaired) electrons. The van der Waals surface area contributed by atoms with Crippen LogP contribution in [0.25, 0.3) is 5.70 Å². The summed E-state index contributed by atoms with van der Waals surface area (Å²) in [6.45, 7) is 1.98. The van der Waals surface area contributed by atoms with E-state index >= 15 is 0 Å². The second-order valence-corrected chi connectivity index (χ2v) is 7.45. The van der Waals surface area contributed by atoms with E-state index in [1.807, 2.05) is 6.92 Å². The molecule has 0 fully saturated rings. The van der Waals surface area contributed by atoms with Crippen molar-refractivity contribution in [3.8, 4) is 17.2 Å². The Kier molecular flexibility index (Phi) is 5.29. The highest BCUT2D eigenvalue weighted by Gasteiger charge is 2.44. The van der Waals surface area contributed by atoms with Crippen LogP contribution >= 0.6 is 0 Å². The molecule has 0 saturated carbocycles. The van der Waals surface area contributed by atoms with Gasteiger partial charge in [-0.2, -0.15) is 10.2 Å². The topological polar surface area (TPSA) is 102 Å². The van der Waals surface area contributed by atoms with Gasteiger partial charge < -0.3 is 15.3 Å². The van der Waals surface area contributed by atoms with Gasteiger partial charge in [0.2, 0.25) is 0 Å². The highest BCUT2D eigenvalue weighted by molar-refractivity contribution is 6.00. The Morgan fingerprint density at radius 2 is 1.48 bits per heavy atom. The fourth-order valence-electron chi connectivity index (χ4n) is 4.01. The van der Waals surface area contributed by atoms with Crippen LogP contribution in [0.1, 0.15) is 41.3 Å². The van der Waals surface area contributed by atoms with Crippen LogP contribution in [0.15, 0.2) is 88.6 Å². The molecule has 1 unspecified atom stereocenters. The molecule has 3 aromatic rings. The lowest BCUT2D eigenvalue weighted by Crippen LogP contribution is -2.28. The maximum absolute atomic E-state index is 13.2. The van der Waals surface area contributed by atoms with E-state index in [2.05, 4.69) is 10.2 Å². The Bertz CT molecular complexity index is 1180. The largest absolute Gasteiger partial charge is 0.508 e. The predicted octanol–water partition coefficient (Wildman–Crippen LogP) is 5.56. The van der Waals surface area contributed by atoms with Gasteiger partial charge in [0.25, 0.3) is 0 Å². The van der Waals surface area contributed by atoms with Crippen LogP contribution < -0.4 is 0 Å². The van der Waals surface area contributed by atoms with E-state index in [4.69, 9.17) is 0 Å². The highest BCUT2D eigenvalue weighted by Crippen LogP contribution is 2.49. The zero-order valence-electron chi connectivity index (χ0n) is 17.0. The van der Waals surface area contributed by atoms with Crippen LogP contribution in [0, 0.1) is 0 Å². The quantitative estimate of drug-likeness (QED) is 0.460. The Morgan fingerprint density at radius 1 is 0.871 bits per heavy atom. The van der Waals surface area contributed by atoms with Gasteiger partial charge in [-0.1, -0.05) is 31.2 Å². The number of azo groups is 1. The number of nitrogens with zero attached hydrogens (tertiary/aromatic N) is 2. The standard InChI is InChI=1S/C25H22N2O4/c1-2-21-24(16-7-11-18(28)12-8-16)26-27-25(21,17-9-13-19(29)14-10-17)15-23(31)20-5-3-4-6-22(20)30/h3-14,28-30H,2,15H2,1H3. The van der Waals surface area contributed by atoms with Crippen molar-refractivity contribution in [2.75, 3.05) is 0 Å². The number of phenolic OH excluding ortho intramolecular Hbond substituents is 3. The molecule has 1 atom stereocenters. The lowest BCUT2D eigenvalue weighted by molar-refractivity contribution is 0.0956. The van der Waals surface area contributed by atoms with Crippen LogP contribution in [-0.2, 0) is 5.54 Å². The summed E-state index contributed by atoms with van der Waals surface area (Å²) in [5.41, 5.74) is 2.19. The molecule has 4 rings (SSSR count). The third-order valence-corrected chi connectivity index (χ3v) is 5.57. The summed E-state index contributed by atoms with van der Waals surface area (Å²) in [5, 5.41) is 38.6. The Morgan fingerprint density at radius 3 is 2.10 bits per heavy atom. The molecule has 0 spiro atoms. The molecule has 0 bridgehead atoms. The van der Waals surface area contributed by atoms with E-state index in [0.29, 0.717) is 12.1 Å². The maximum atomic E-state index is 13.2. The molecule has 1 aliphatic rings. The number of benzene rings is 3. The second-order valence-electron chi connectivity index (χ2n) is 7.45. The van der Waals surface area contributed by atoms with Crippen molar-refractivity contribution >= 4 is 11.5 Å². The van der Waals surface area contributed by atoms with Crippen molar-refractivity contribution in [3.63, 3.8) is 0 Å². The third kappa shape index (κ3) is 3.68. The summed E-state index contributed by atoms with van der Waals surface area (Å²) in [5.74, 6) is -0.0781. The molecule has 3 N–H and O–H groups in total. The van der Waals surface area contributed by atoms with Gasteiger partial charge in [0.05, 0.1) is 11.3 Å². The number of carbonyl (C=O) groups is 1. The lowest BCUT2D eigenvalue weighted by Gasteiger charge is -2.28. The number of para-hydroxylation sites is 1. The number of hydrogen-bond acceptors (Lipinski definition) is 6.